The maximum Gasteiger partial charge on any atom is 0.257 e. The molecular formula is C23H26N2O3. The van der Waals surface area contributed by atoms with Crippen molar-refractivity contribution in [3.63, 3.8) is 0 Å². The second kappa shape index (κ2) is 7.30. The minimum absolute atomic E-state index is 0.00441. The Bertz CT molecular complexity index is 910. The lowest BCUT2D eigenvalue weighted by Gasteiger charge is -2.30. The van der Waals surface area contributed by atoms with Gasteiger partial charge in [-0.3, -0.25) is 9.59 Å². The van der Waals surface area contributed by atoms with Gasteiger partial charge in [-0.25, -0.2) is 0 Å². The molecule has 2 aromatic rings. The first kappa shape index (κ1) is 18.5. The van der Waals surface area contributed by atoms with Crippen molar-refractivity contribution < 1.29 is 14.3 Å². The summed E-state index contributed by atoms with van der Waals surface area (Å²) in [5.41, 5.74) is 2.98. The molecule has 0 N–H and O–H groups in total. The number of benzene rings is 2. The van der Waals surface area contributed by atoms with Crippen LogP contribution in [0.15, 0.2) is 48.5 Å². The molecule has 28 heavy (non-hydrogen) atoms. The Balaban J connectivity index is 1.62. The van der Waals surface area contributed by atoms with Crippen molar-refractivity contribution in [1.29, 1.82) is 0 Å². The molecule has 0 radical (unpaired) electrons. The second-order valence-electron chi connectivity index (χ2n) is 7.81. The summed E-state index contributed by atoms with van der Waals surface area (Å²) in [6, 6.07) is 15.6. The molecule has 4 rings (SSSR count). The van der Waals surface area contributed by atoms with E-state index < -0.39 is 0 Å². The van der Waals surface area contributed by atoms with Crippen LogP contribution in [0.5, 0.6) is 5.75 Å². The van der Waals surface area contributed by atoms with Gasteiger partial charge in [-0.1, -0.05) is 36.4 Å². The molecule has 0 saturated carbocycles. The number of hydrogen-bond acceptors (Lipinski definition) is 3. The fourth-order valence-corrected chi connectivity index (χ4v) is 4.84. The van der Waals surface area contributed by atoms with Crippen molar-refractivity contribution >= 4 is 11.8 Å². The van der Waals surface area contributed by atoms with E-state index in [4.69, 9.17) is 4.74 Å². The molecule has 2 amide bonds. The molecule has 146 valence electrons. The van der Waals surface area contributed by atoms with Crippen molar-refractivity contribution in [3.8, 4) is 5.75 Å². The van der Waals surface area contributed by atoms with Gasteiger partial charge in [0, 0.05) is 38.4 Å². The molecule has 2 aromatic carbocycles. The highest BCUT2D eigenvalue weighted by Gasteiger charge is 2.49. The van der Waals surface area contributed by atoms with Crippen LogP contribution in [0.4, 0.5) is 0 Å². The Morgan fingerprint density at radius 2 is 1.71 bits per heavy atom. The molecule has 2 heterocycles. The van der Waals surface area contributed by atoms with Gasteiger partial charge in [-0.05, 0) is 30.2 Å². The lowest BCUT2D eigenvalue weighted by atomic mass is 9.87. The van der Waals surface area contributed by atoms with Crippen LogP contribution in [0.1, 0.15) is 34.5 Å². The van der Waals surface area contributed by atoms with Crippen LogP contribution in [0, 0.1) is 18.8 Å². The van der Waals surface area contributed by atoms with E-state index >= 15 is 0 Å². The van der Waals surface area contributed by atoms with Crippen LogP contribution in [0.3, 0.4) is 0 Å². The average Bonchev–Trinajstić information content (AvgIpc) is 3.26. The van der Waals surface area contributed by atoms with Crippen molar-refractivity contribution in [2.75, 3.05) is 26.7 Å². The van der Waals surface area contributed by atoms with Gasteiger partial charge in [-0.15, -0.1) is 0 Å². The van der Waals surface area contributed by atoms with E-state index in [2.05, 4.69) is 19.1 Å². The van der Waals surface area contributed by atoms with Crippen molar-refractivity contribution in [2.24, 2.45) is 11.8 Å². The number of nitrogens with zero attached hydrogens (tertiary/aromatic N) is 2. The Morgan fingerprint density at radius 1 is 1.00 bits per heavy atom. The summed E-state index contributed by atoms with van der Waals surface area (Å²) < 4.78 is 5.37. The maximum absolute atomic E-state index is 13.1. The maximum atomic E-state index is 13.1. The fourth-order valence-electron chi connectivity index (χ4n) is 4.84. The van der Waals surface area contributed by atoms with Crippen LogP contribution in [0.2, 0.25) is 0 Å². The molecule has 0 aromatic heterocycles. The van der Waals surface area contributed by atoms with E-state index in [1.165, 1.54) is 11.1 Å². The normalized spacial score (nSPS) is 23.6. The highest BCUT2D eigenvalue weighted by Crippen LogP contribution is 2.46. The van der Waals surface area contributed by atoms with Gasteiger partial charge < -0.3 is 14.5 Å². The predicted octanol–water partition coefficient (Wildman–Crippen LogP) is 3.30. The van der Waals surface area contributed by atoms with Crippen LogP contribution < -0.4 is 4.74 Å². The largest absolute Gasteiger partial charge is 0.496 e. The Labute approximate surface area is 165 Å². The van der Waals surface area contributed by atoms with Gasteiger partial charge in [0.15, 0.2) is 0 Å². The number of carbonyl (C=O) groups excluding carboxylic acids is 2. The number of hydrogen-bond donors (Lipinski definition) is 0. The predicted molar refractivity (Wildman–Crippen MR) is 107 cm³/mol. The molecule has 2 saturated heterocycles. The van der Waals surface area contributed by atoms with E-state index in [9.17, 15) is 9.59 Å². The minimum Gasteiger partial charge on any atom is -0.496 e. The van der Waals surface area contributed by atoms with Gasteiger partial charge in [0.2, 0.25) is 5.91 Å². The van der Waals surface area contributed by atoms with E-state index in [-0.39, 0.29) is 23.8 Å². The molecule has 2 aliphatic rings. The number of amides is 2. The molecule has 0 bridgehead atoms. The van der Waals surface area contributed by atoms with E-state index in [0.717, 1.165) is 0 Å². The summed E-state index contributed by atoms with van der Waals surface area (Å²) in [5.74, 6) is 1.26. The van der Waals surface area contributed by atoms with Gasteiger partial charge in [0.05, 0.1) is 18.7 Å². The SMILES string of the molecule is COc1ccccc1C(=O)N1C[C@@H]2CN(C(C)=O)[C@@H](c3ccccc3C)[C@@H]2C1. The molecule has 2 fully saturated rings. The topological polar surface area (TPSA) is 49.9 Å². The Morgan fingerprint density at radius 3 is 2.43 bits per heavy atom. The molecule has 5 nitrogen and oxygen atoms in total. The first-order valence-corrected chi connectivity index (χ1v) is 9.76. The molecule has 0 unspecified atom stereocenters. The van der Waals surface area contributed by atoms with Gasteiger partial charge >= 0.3 is 0 Å². The molecular weight excluding hydrogens is 352 g/mol. The average molecular weight is 378 g/mol. The number of fused-ring (bicyclic) bond motifs is 1. The molecule has 2 aliphatic heterocycles. The van der Waals surface area contributed by atoms with E-state index in [1.54, 1.807) is 14.0 Å². The number of carbonyl (C=O) groups is 2. The first-order chi connectivity index (χ1) is 13.5. The lowest BCUT2D eigenvalue weighted by Crippen LogP contribution is -2.36. The summed E-state index contributed by atoms with van der Waals surface area (Å²) >= 11 is 0. The summed E-state index contributed by atoms with van der Waals surface area (Å²) in [4.78, 5) is 29.4. The highest BCUT2D eigenvalue weighted by atomic mass is 16.5. The molecule has 3 atom stereocenters. The van der Waals surface area contributed by atoms with Gasteiger partial charge in [0.25, 0.3) is 5.91 Å². The lowest BCUT2D eigenvalue weighted by molar-refractivity contribution is -0.130. The molecule has 5 heteroatoms. The summed E-state index contributed by atoms with van der Waals surface area (Å²) in [5, 5.41) is 0. The van der Waals surface area contributed by atoms with E-state index in [0.29, 0.717) is 36.9 Å². The number of rotatable bonds is 3. The third kappa shape index (κ3) is 3.05. The summed E-state index contributed by atoms with van der Waals surface area (Å²) in [7, 11) is 1.59. The zero-order chi connectivity index (χ0) is 19.8. The van der Waals surface area contributed by atoms with Crippen molar-refractivity contribution in [2.45, 2.75) is 19.9 Å². The van der Waals surface area contributed by atoms with Gasteiger partial charge in [0.1, 0.15) is 5.75 Å². The van der Waals surface area contributed by atoms with Gasteiger partial charge in [-0.2, -0.15) is 0 Å². The standard InChI is InChI=1S/C23H26N2O3/c1-15-8-4-5-9-18(15)22-20-14-24(12-17(20)13-25(22)16(2)26)23(27)19-10-6-7-11-21(19)28-3/h4-11,17,20,22H,12-14H2,1-3H3/t17-,20-,22+/m1/s1. The summed E-state index contributed by atoms with van der Waals surface area (Å²) in [6.45, 7) is 5.77. The van der Waals surface area contributed by atoms with Crippen LogP contribution in [-0.4, -0.2) is 48.4 Å². The number of methoxy groups -OCH3 is 1. The first-order valence-electron chi connectivity index (χ1n) is 9.76. The number of para-hydroxylation sites is 1. The third-order valence-electron chi connectivity index (χ3n) is 6.20. The number of likely N-dealkylation sites (tertiary alicyclic amines) is 2. The van der Waals surface area contributed by atoms with Crippen LogP contribution in [-0.2, 0) is 4.79 Å². The van der Waals surface area contributed by atoms with E-state index in [1.807, 2.05) is 46.2 Å². The Hall–Kier alpha value is -2.82. The number of aryl methyl sites for hydroxylation is 1. The van der Waals surface area contributed by atoms with Crippen LogP contribution in [0.25, 0.3) is 0 Å². The second-order valence-corrected chi connectivity index (χ2v) is 7.81. The smallest absolute Gasteiger partial charge is 0.257 e. The molecule has 0 spiro atoms. The zero-order valence-electron chi connectivity index (χ0n) is 16.6. The number of ether oxygens (including phenoxy) is 1. The molecule has 0 aliphatic carbocycles. The van der Waals surface area contributed by atoms with Crippen molar-refractivity contribution in [3.05, 3.63) is 65.2 Å². The zero-order valence-corrected chi connectivity index (χ0v) is 16.6. The third-order valence-corrected chi connectivity index (χ3v) is 6.20. The quantitative estimate of drug-likeness (QED) is 0.823. The highest BCUT2D eigenvalue weighted by molar-refractivity contribution is 5.97. The monoisotopic (exact) mass is 378 g/mol. The summed E-state index contributed by atoms with van der Waals surface area (Å²) in [6.07, 6.45) is 0. The fraction of sp³-hybridized carbons (Fsp3) is 0.391. The Kier molecular flexibility index (Phi) is 4.84. The van der Waals surface area contributed by atoms with Crippen LogP contribution >= 0.6 is 0 Å². The van der Waals surface area contributed by atoms with Crippen molar-refractivity contribution in [1.82, 2.24) is 9.80 Å². The minimum atomic E-state index is 0.00441.